The molecule has 3 aromatic rings. The van der Waals surface area contributed by atoms with E-state index >= 15 is 0 Å². The van der Waals surface area contributed by atoms with E-state index in [1.54, 1.807) is 0 Å². The Bertz CT molecular complexity index is 1120. The van der Waals surface area contributed by atoms with Gasteiger partial charge in [-0.2, -0.15) is 26.3 Å². The van der Waals surface area contributed by atoms with Crippen LogP contribution in [0.2, 0.25) is 5.02 Å². The highest BCUT2D eigenvalue weighted by atomic mass is 35.5. The molecule has 0 aliphatic rings. The normalized spacial score (nSPS) is 12.0. The summed E-state index contributed by atoms with van der Waals surface area (Å²) in [6, 6.07) is 5.00. The molecule has 0 aliphatic heterocycles. The average Bonchev–Trinajstić information content (AvgIpc) is 3.14. The van der Waals surface area contributed by atoms with E-state index < -0.39 is 40.2 Å². The van der Waals surface area contributed by atoms with Crippen LogP contribution in [0.1, 0.15) is 21.6 Å². The number of rotatable bonds is 4. The number of hydrazine groups is 1. The number of aromatic nitrogens is 2. The number of nitrogens with one attached hydrogen (secondary N) is 2. The summed E-state index contributed by atoms with van der Waals surface area (Å²) in [5.41, 5.74) is 1.56. The number of anilines is 1. The van der Waals surface area contributed by atoms with Gasteiger partial charge in [0.15, 0.2) is 5.82 Å². The van der Waals surface area contributed by atoms with Crippen molar-refractivity contribution in [1.82, 2.24) is 15.0 Å². The summed E-state index contributed by atoms with van der Waals surface area (Å²) in [6.45, 7) is 0. The summed E-state index contributed by atoms with van der Waals surface area (Å²) >= 11 is 5.72. The van der Waals surface area contributed by atoms with Crippen molar-refractivity contribution in [1.29, 1.82) is 0 Å². The number of pyridine rings is 1. The number of nitrogens with zero attached hydrogens (tertiary/aromatic N) is 2. The third kappa shape index (κ3) is 4.90. The first-order valence-corrected chi connectivity index (χ1v) is 8.59. The van der Waals surface area contributed by atoms with Gasteiger partial charge < -0.3 is 4.57 Å². The predicted molar refractivity (Wildman–Crippen MR) is 96.1 cm³/mol. The molecule has 0 fully saturated rings. The predicted octanol–water partition coefficient (Wildman–Crippen LogP) is 5.46. The molecule has 13 heteroatoms. The molecule has 0 saturated carbocycles. The molecule has 0 aliphatic carbocycles. The molecule has 3 rings (SSSR count). The van der Waals surface area contributed by atoms with Crippen molar-refractivity contribution in [2.24, 2.45) is 0 Å². The fourth-order valence-corrected chi connectivity index (χ4v) is 2.73. The Balaban J connectivity index is 1.79. The van der Waals surface area contributed by atoms with E-state index in [9.17, 15) is 35.5 Å². The quantitative estimate of drug-likeness (QED) is 0.396. The van der Waals surface area contributed by atoms with E-state index in [2.05, 4.69) is 15.8 Å². The Kier molecular flexibility index (Phi) is 5.85. The van der Waals surface area contributed by atoms with Crippen molar-refractivity contribution in [2.45, 2.75) is 12.4 Å². The van der Waals surface area contributed by atoms with Gasteiger partial charge in [0, 0.05) is 12.4 Å². The summed E-state index contributed by atoms with van der Waals surface area (Å²) in [7, 11) is 0. The van der Waals surface area contributed by atoms with Crippen molar-refractivity contribution in [3.63, 3.8) is 0 Å². The second-order valence-electron chi connectivity index (χ2n) is 6.06. The molecule has 0 unspecified atom stereocenters. The number of carbonyl (C=O) groups is 1. The third-order valence-electron chi connectivity index (χ3n) is 3.98. The molecule has 1 aromatic carbocycles. The maximum Gasteiger partial charge on any atom is 0.417 e. The molecule has 1 amide bonds. The van der Waals surface area contributed by atoms with Crippen LogP contribution in [-0.4, -0.2) is 15.5 Å². The number of carbonyl (C=O) groups excluding carboxylic acids is 1. The Hall–Kier alpha value is -3.28. The maximum atomic E-state index is 14.2. The number of halogens is 8. The van der Waals surface area contributed by atoms with Gasteiger partial charge in [0.2, 0.25) is 0 Å². The van der Waals surface area contributed by atoms with Gasteiger partial charge in [-0.15, -0.1) is 0 Å². The monoisotopic (exact) mass is 466 g/mol. The van der Waals surface area contributed by atoms with Gasteiger partial charge in [0.05, 0.1) is 21.8 Å². The van der Waals surface area contributed by atoms with Gasteiger partial charge in [0.1, 0.15) is 11.5 Å². The number of hydrogen-bond donors (Lipinski definition) is 2. The zero-order valence-corrected chi connectivity index (χ0v) is 15.7. The number of benzene rings is 1. The number of alkyl halides is 6. The van der Waals surface area contributed by atoms with Crippen LogP contribution in [0.15, 0.2) is 48.8 Å². The summed E-state index contributed by atoms with van der Waals surface area (Å²) in [6.07, 6.45) is -7.66. The highest BCUT2D eigenvalue weighted by Gasteiger charge is 2.32. The van der Waals surface area contributed by atoms with Crippen LogP contribution in [0, 0.1) is 5.82 Å². The maximum absolute atomic E-state index is 14.2. The van der Waals surface area contributed by atoms with Crippen LogP contribution in [0.25, 0.3) is 5.69 Å². The minimum absolute atomic E-state index is 0.186. The van der Waals surface area contributed by atoms with Crippen molar-refractivity contribution in [3.8, 4) is 5.69 Å². The lowest BCUT2D eigenvalue weighted by atomic mass is 10.2. The van der Waals surface area contributed by atoms with E-state index in [-0.39, 0.29) is 17.2 Å². The second kappa shape index (κ2) is 8.10. The molecule has 5 nitrogen and oxygen atoms in total. The minimum atomic E-state index is -4.74. The van der Waals surface area contributed by atoms with Gasteiger partial charge >= 0.3 is 12.4 Å². The zero-order chi connectivity index (χ0) is 23.0. The van der Waals surface area contributed by atoms with Gasteiger partial charge in [-0.3, -0.25) is 15.6 Å². The Labute approximate surface area is 174 Å². The SMILES string of the molecule is O=C(NNc1ncc(C(F)(F)F)cc1Cl)c1cccn1-c1ccc(C(F)(F)F)cc1F. The molecule has 2 N–H and O–H groups in total. The van der Waals surface area contributed by atoms with Crippen molar-refractivity contribution in [3.05, 3.63) is 76.5 Å². The first-order valence-electron chi connectivity index (χ1n) is 8.21. The molecule has 0 bridgehead atoms. The Morgan fingerprint density at radius 1 is 1.00 bits per heavy atom. The lowest BCUT2D eigenvalue weighted by Crippen LogP contribution is -2.31. The molecule has 0 saturated heterocycles. The Morgan fingerprint density at radius 3 is 2.26 bits per heavy atom. The summed E-state index contributed by atoms with van der Waals surface area (Å²) in [5, 5.41) is -0.431. The highest BCUT2D eigenvalue weighted by molar-refractivity contribution is 6.33. The van der Waals surface area contributed by atoms with Crippen molar-refractivity contribution in [2.75, 3.05) is 5.43 Å². The van der Waals surface area contributed by atoms with Crippen LogP contribution >= 0.6 is 11.6 Å². The topological polar surface area (TPSA) is 59.0 Å². The smallest absolute Gasteiger partial charge is 0.310 e. The first-order chi connectivity index (χ1) is 14.4. The van der Waals surface area contributed by atoms with Crippen LogP contribution in [0.3, 0.4) is 0 Å². The van der Waals surface area contributed by atoms with E-state index in [0.717, 1.165) is 10.6 Å². The standard InChI is InChI=1S/C18H10ClF7N4O/c19-11-6-10(18(24,25)26)8-27-15(11)28-29-16(31)14-2-1-5-30(14)13-4-3-9(7-12(13)20)17(21,22)23/h1-8H,(H,27,28)(H,29,31). The fourth-order valence-electron chi connectivity index (χ4n) is 2.52. The van der Waals surface area contributed by atoms with E-state index in [1.807, 2.05) is 0 Å². The largest absolute Gasteiger partial charge is 0.417 e. The minimum Gasteiger partial charge on any atom is -0.310 e. The molecule has 0 spiro atoms. The molecule has 164 valence electrons. The molecule has 0 atom stereocenters. The second-order valence-corrected chi connectivity index (χ2v) is 6.47. The highest BCUT2D eigenvalue weighted by Crippen LogP contribution is 2.33. The summed E-state index contributed by atoms with van der Waals surface area (Å²) in [5.74, 6) is -2.40. The van der Waals surface area contributed by atoms with E-state index in [4.69, 9.17) is 11.6 Å². The van der Waals surface area contributed by atoms with Gasteiger partial charge in [-0.1, -0.05) is 11.6 Å². The van der Waals surface area contributed by atoms with Crippen LogP contribution in [0.4, 0.5) is 36.6 Å². The van der Waals surface area contributed by atoms with Crippen molar-refractivity contribution >= 4 is 23.3 Å². The molecular formula is C18H10ClF7N4O. The van der Waals surface area contributed by atoms with Gasteiger partial charge in [0.25, 0.3) is 5.91 Å². The van der Waals surface area contributed by atoms with Gasteiger partial charge in [-0.05, 0) is 36.4 Å². The summed E-state index contributed by atoms with van der Waals surface area (Å²) in [4.78, 5) is 15.9. The Morgan fingerprint density at radius 2 is 1.68 bits per heavy atom. The lowest BCUT2D eigenvalue weighted by Gasteiger charge is -2.14. The number of amides is 1. The number of hydrogen-bond acceptors (Lipinski definition) is 3. The fraction of sp³-hybridized carbons (Fsp3) is 0.111. The lowest BCUT2D eigenvalue weighted by molar-refractivity contribution is -0.138. The first kappa shape index (κ1) is 22.4. The molecular weight excluding hydrogens is 457 g/mol. The van der Waals surface area contributed by atoms with Crippen LogP contribution in [0.5, 0.6) is 0 Å². The molecule has 2 heterocycles. The molecule has 2 aromatic heterocycles. The molecule has 0 radical (unpaired) electrons. The van der Waals surface area contributed by atoms with Crippen LogP contribution < -0.4 is 10.9 Å². The van der Waals surface area contributed by atoms with Crippen molar-refractivity contribution < 1.29 is 35.5 Å². The third-order valence-corrected chi connectivity index (χ3v) is 4.27. The zero-order valence-electron chi connectivity index (χ0n) is 14.9. The van der Waals surface area contributed by atoms with E-state index in [0.29, 0.717) is 24.4 Å². The van der Waals surface area contributed by atoms with E-state index in [1.165, 1.54) is 18.3 Å². The van der Waals surface area contributed by atoms with Gasteiger partial charge in [-0.25, -0.2) is 9.37 Å². The molecule has 31 heavy (non-hydrogen) atoms. The van der Waals surface area contributed by atoms with Crippen LogP contribution in [-0.2, 0) is 12.4 Å². The average molecular weight is 467 g/mol. The summed E-state index contributed by atoms with van der Waals surface area (Å²) < 4.78 is 91.3.